The molecule has 0 spiro atoms. The SMILES string of the molecule is N#CCc1cccc(C(=O)Nc2cccc(CN3C(=O)CNC3=O)c2)c1. The van der Waals surface area contributed by atoms with Gasteiger partial charge in [-0.1, -0.05) is 24.3 Å². The highest BCUT2D eigenvalue weighted by Crippen LogP contribution is 2.16. The lowest BCUT2D eigenvalue weighted by Gasteiger charge is -2.13. The van der Waals surface area contributed by atoms with Gasteiger partial charge >= 0.3 is 6.03 Å². The summed E-state index contributed by atoms with van der Waals surface area (Å²) in [7, 11) is 0. The second-order valence-electron chi connectivity index (χ2n) is 5.83. The van der Waals surface area contributed by atoms with Crippen molar-refractivity contribution in [1.29, 1.82) is 5.26 Å². The number of benzene rings is 2. The smallest absolute Gasteiger partial charge is 0.324 e. The number of urea groups is 1. The van der Waals surface area contributed by atoms with Crippen LogP contribution < -0.4 is 10.6 Å². The Labute approximate surface area is 150 Å². The number of hydrogen-bond acceptors (Lipinski definition) is 4. The monoisotopic (exact) mass is 348 g/mol. The fourth-order valence-corrected chi connectivity index (χ4v) is 2.66. The summed E-state index contributed by atoms with van der Waals surface area (Å²) in [4.78, 5) is 36.8. The zero-order valence-corrected chi connectivity index (χ0v) is 13.9. The van der Waals surface area contributed by atoms with Crippen LogP contribution in [0.1, 0.15) is 21.5 Å². The van der Waals surface area contributed by atoms with Crippen LogP contribution in [0.5, 0.6) is 0 Å². The van der Waals surface area contributed by atoms with Crippen molar-refractivity contribution < 1.29 is 14.4 Å². The highest BCUT2D eigenvalue weighted by atomic mass is 16.2. The first-order chi connectivity index (χ1) is 12.6. The Morgan fingerprint density at radius 2 is 1.92 bits per heavy atom. The molecule has 1 aliphatic rings. The lowest BCUT2D eigenvalue weighted by molar-refractivity contribution is -0.125. The summed E-state index contributed by atoms with van der Waals surface area (Å²) >= 11 is 0. The minimum Gasteiger partial charge on any atom is -0.329 e. The second-order valence-corrected chi connectivity index (χ2v) is 5.83. The molecule has 0 aliphatic carbocycles. The van der Waals surface area contributed by atoms with Crippen LogP contribution in [0.25, 0.3) is 0 Å². The first-order valence-corrected chi connectivity index (χ1v) is 8.01. The molecule has 2 aromatic carbocycles. The van der Waals surface area contributed by atoms with Crippen LogP contribution >= 0.6 is 0 Å². The molecule has 0 saturated carbocycles. The van der Waals surface area contributed by atoms with Gasteiger partial charge in [-0.3, -0.25) is 14.5 Å². The average molecular weight is 348 g/mol. The van der Waals surface area contributed by atoms with E-state index in [1.165, 1.54) is 0 Å². The van der Waals surface area contributed by atoms with Crippen LogP contribution in [-0.2, 0) is 17.8 Å². The van der Waals surface area contributed by atoms with Crippen LogP contribution in [-0.4, -0.2) is 29.3 Å². The quantitative estimate of drug-likeness (QED) is 0.807. The molecule has 7 heteroatoms. The van der Waals surface area contributed by atoms with Gasteiger partial charge in [0.1, 0.15) is 0 Å². The lowest BCUT2D eigenvalue weighted by Crippen LogP contribution is -2.30. The maximum absolute atomic E-state index is 12.4. The molecule has 130 valence electrons. The van der Waals surface area contributed by atoms with E-state index >= 15 is 0 Å². The Hall–Kier alpha value is -3.66. The van der Waals surface area contributed by atoms with Gasteiger partial charge in [0.2, 0.25) is 5.91 Å². The zero-order valence-electron chi connectivity index (χ0n) is 13.9. The number of rotatable bonds is 5. The zero-order chi connectivity index (χ0) is 18.5. The van der Waals surface area contributed by atoms with Gasteiger partial charge in [0.15, 0.2) is 0 Å². The highest BCUT2D eigenvalue weighted by molar-refractivity contribution is 6.04. The third-order valence-electron chi connectivity index (χ3n) is 3.93. The molecule has 26 heavy (non-hydrogen) atoms. The first kappa shape index (κ1) is 17.2. The topological polar surface area (TPSA) is 102 Å². The van der Waals surface area contributed by atoms with Crippen molar-refractivity contribution in [1.82, 2.24) is 10.2 Å². The second kappa shape index (κ2) is 7.49. The van der Waals surface area contributed by atoms with Gasteiger partial charge in [0, 0.05) is 11.3 Å². The minimum atomic E-state index is -0.418. The van der Waals surface area contributed by atoms with E-state index in [4.69, 9.17) is 5.26 Å². The number of nitrogens with one attached hydrogen (secondary N) is 2. The molecule has 0 bridgehead atoms. The molecule has 2 aromatic rings. The average Bonchev–Trinajstić information content (AvgIpc) is 2.94. The van der Waals surface area contributed by atoms with Crippen molar-refractivity contribution in [2.75, 3.05) is 11.9 Å². The summed E-state index contributed by atoms with van der Waals surface area (Å²) in [6.07, 6.45) is 0.239. The number of imide groups is 1. The molecule has 3 rings (SSSR count). The Kier molecular flexibility index (Phi) is 4.94. The van der Waals surface area contributed by atoms with E-state index in [0.29, 0.717) is 11.3 Å². The van der Waals surface area contributed by atoms with Crippen LogP contribution in [0.15, 0.2) is 48.5 Å². The van der Waals surface area contributed by atoms with Crippen LogP contribution in [0.3, 0.4) is 0 Å². The molecule has 0 unspecified atom stereocenters. The van der Waals surface area contributed by atoms with E-state index in [-0.39, 0.29) is 31.3 Å². The Morgan fingerprint density at radius 1 is 1.15 bits per heavy atom. The summed E-state index contributed by atoms with van der Waals surface area (Å²) in [5.41, 5.74) is 2.52. The summed E-state index contributed by atoms with van der Waals surface area (Å²) in [6.45, 7) is 0.153. The van der Waals surface area contributed by atoms with Crippen molar-refractivity contribution in [2.45, 2.75) is 13.0 Å². The number of carbonyl (C=O) groups excluding carboxylic acids is 3. The standard InChI is InChI=1S/C19H16N4O3/c20-8-7-13-3-1-5-15(9-13)18(25)22-16-6-2-4-14(10-16)12-23-17(24)11-21-19(23)26/h1-6,9-10H,7,11-12H2,(H,21,26)(H,22,25). The molecular formula is C19H16N4O3. The van der Waals surface area contributed by atoms with E-state index in [1.54, 1.807) is 48.5 Å². The summed E-state index contributed by atoms with van der Waals surface area (Å²) < 4.78 is 0. The van der Waals surface area contributed by atoms with Gasteiger partial charge in [-0.2, -0.15) is 5.26 Å². The molecule has 1 fully saturated rings. The van der Waals surface area contributed by atoms with Crippen molar-refractivity contribution >= 4 is 23.5 Å². The van der Waals surface area contributed by atoms with Crippen molar-refractivity contribution in [3.63, 3.8) is 0 Å². The number of carbonyl (C=O) groups is 3. The van der Waals surface area contributed by atoms with Crippen molar-refractivity contribution in [3.8, 4) is 6.07 Å². The predicted molar refractivity (Wildman–Crippen MR) is 94.1 cm³/mol. The van der Waals surface area contributed by atoms with Gasteiger partial charge in [0.05, 0.1) is 25.6 Å². The normalized spacial score (nSPS) is 13.3. The fraction of sp³-hybridized carbons (Fsp3) is 0.158. The third kappa shape index (κ3) is 3.87. The Bertz CT molecular complexity index is 901. The van der Waals surface area contributed by atoms with Crippen molar-refractivity contribution in [3.05, 3.63) is 65.2 Å². The number of anilines is 1. The number of amides is 4. The number of nitriles is 1. The van der Waals surface area contributed by atoms with E-state index < -0.39 is 6.03 Å². The molecule has 7 nitrogen and oxygen atoms in total. The number of nitrogens with zero attached hydrogens (tertiary/aromatic N) is 2. The van der Waals surface area contributed by atoms with Crippen LogP contribution in [0.2, 0.25) is 0 Å². The summed E-state index contributed by atoms with van der Waals surface area (Å²) in [5, 5.41) is 14.0. The largest absolute Gasteiger partial charge is 0.329 e. The Balaban J connectivity index is 1.71. The maximum Gasteiger partial charge on any atom is 0.324 e. The van der Waals surface area contributed by atoms with E-state index in [2.05, 4.69) is 16.7 Å². The van der Waals surface area contributed by atoms with Gasteiger partial charge in [-0.25, -0.2) is 4.79 Å². The third-order valence-corrected chi connectivity index (χ3v) is 3.93. The molecule has 0 radical (unpaired) electrons. The molecule has 0 aromatic heterocycles. The van der Waals surface area contributed by atoms with E-state index in [9.17, 15) is 14.4 Å². The summed E-state index contributed by atoms with van der Waals surface area (Å²) in [6, 6.07) is 15.5. The lowest BCUT2D eigenvalue weighted by atomic mass is 10.1. The van der Waals surface area contributed by atoms with Gasteiger partial charge in [-0.15, -0.1) is 0 Å². The molecule has 1 saturated heterocycles. The fourth-order valence-electron chi connectivity index (χ4n) is 2.66. The van der Waals surface area contributed by atoms with E-state index in [0.717, 1.165) is 16.0 Å². The van der Waals surface area contributed by atoms with E-state index in [1.807, 2.05) is 0 Å². The summed E-state index contributed by atoms with van der Waals surface area (Å²) in [5.74, 6) is -0.573. The first-order valence-electron chi connectivity index (χ1n) is 8.01. The number of hydrogen-bond donors (Lipinski definition) is 2. The molecule has 0 atom stereocenters. The maximum atomic E-state index is 12.4. The van der Waals surface area contributed by atoms with Gasteiger partial charge < -0.3 is 10.6 Å². The molecule has 2 N–H and O–H groups in total. The molecule has 1 heterocycles. The van der Waals surface area contributed by atoms with Crippen LogP contribution in [0.4, 0.5) is 10.5 Å². The minimum absolute atomic E-state index is 0.00823. The van der Waals surface area contributed by atoms with Gasteiger partial charge in [0.25, 0.3) is 5.91 Å². The van der Waals surface area contributed by atoms with Gasteiger partial charge in [-0.05, 0) is 35.4 Å². The van der Waals surface area contributed by atoms with Crippen molar-refractivity contribution in [2.24, 2.45) is 0 Å². The Morgan fingerprint density at radius 3 is 2.65 bits per heavy atom. The highest BCUT2D eigenvalue weighted by Gasteiger charge is 2.28. The molecule has 1 aliphatic heterocycles. The predicted octanol–water partition coefficient (Wildman–Crippen LogP) is 2.06. The van der Waals surface area contributed by atoms with Crippen LogP contribution in [0, 0.1) is 11.3 Å². The molecule has 4 amide bonds. The molecular weight excluding hydrogens is 332 g/mol.